The van der Waals surface area contributed by atoms with Gasteiger partial charge in [0, 0.05) is 28.0 Å². The van der Waals surface area contributed by atoms with Crippen molar-refractivity contribution in [1.82, 2.24) is 20.6 Å². The topological polar surface area (TPSA) is 123 Å². The Morgan fingerprint density at radius 3 is 2.68 bits per heavy atom. The molecule has 0 aliphatic heterocycles. The van der Waals surface area contributed by atoms with E-state index in [1.807, 2.05) is 31.2 Å². The average Bonchev–Trinajstić information content (AvgIpc) is 3.28. The standard InChI is InChI=1S/C23H19ClN6O4/c1-14-19(11-25-23(26-14)33-2)16-8-6-15(7-9-16)12-30-13-20(34-29-30)21(31)28-22(32)27-18-5-3-4-17(24)10-18/h3-11,13H,12H2,1-2H3,(H-,27,28,31,32)/p+1. The van der Waals surface area contributed by atoms with Crippen LogP contribution < -0.4 is 20.1 Å². The van der Waals surface area contributed by atoms with Gasteiger partial charge in [0.15, 0.2) is 5.27 Å². The molecule has 0 saturated heterocycles. The van der Waals surface area contributed by atoms with Crippen LogP contribution in [0, 0.1) is 6.92 Å². The largest absolute Gasteiger partial charge is 0.467 e. The summed E-state index contributed by atoms with van der Waals surface area (Å²) in [7, 11) is 1.52. The second-order valence-electron chi connectivity index (χ2n) is 7.24. The van der Waals surface area contributed by atoms with Gasteiger partial charge in [-0.25, -0.2) is 9.78 Å². The van der Waals surface area contributed by atoms with E-state index in [1.54, 1.807) is 30.5 Å². The molecule has 2 aromatic heterocycles. The number of methoxy groups -OCH3 is 1. The highest BCUT2D eigenvalue weighted by atomic mass is 35.5. The number of rotatable bonds is 6. The predicted octanol–water partition coefficient (Wildman–Crippen LogP) is 3.40. The molecule has 0 aliphatic carbocycles. The summed E-state index contributed by atoms with van der Waals surface area (Å²) in [6, 6.07) is 13.9. The minimum Gasteiger partial charge on any atom is -0.467 e. The monoisotopic (exact) mass is 479 g/mol. The normalized spacial score (nSPS) is 10.6. The molecular weight excluding hydrogens is 460 g/mol. The van der Waals surface area contributed by atoms with Gasteiger partial charge in [0.25, 0.3) is 12.0 Å². The summed E-state index contributed by atoms with van der Waals surface area (Å²) in [5, 5.41) is 9.01. The minimum absolute atomic E-state index is 0.108. The van der Waals surface area contributed by atoms with Crippen LogP contribution >= 0.6 is 11.6 Å². The van der Waals surface area contributed by atoms with Gasteiger partial charge in [-0.15, -0.1) is 0 Å². The Balaban J connectivity index is 1.37. The Morgan fingerprint density at radius 1 is 1.18 bits per heavy atom. The number of amides is 3. The Labute approximate surface area is 199 Å². The molecule has 3 amide bonds. The molecule has 10 nitrogen and oxygen atoms in total. The third-order valence-electron chi connectivity index (χ3n) is 4.79. The van der Waals surface area contributed by atoms with Crippen molar-refractivity contribution in [3.8, 4) is 17.1 Å². The first-order valence-electron chi connectivity index (χ1n) is 10.1. The third-order valence-corrected chi connectivity index (χ3v) is 5.03. The number of aryl methyl sites for hydroxylation is 1. The number of carbonyl (C=O) groups excluding carboxylic acids is 2. The van der Waals surface area contributed by atoms with E-state index in [9.17, 15) is 9.59 Å². The number of carbonyl (C=O) groups is 2. The van der Waals surface area contributed by atoms with Gasteiger partial charge in [-0.05, 0) is 35.4 Å². The van der Waals surface area contributed by atoms with E-state index in [2.05, 4.69) is 25.9 Å². The van der Waals surface area contributed by atoms with Crippen LogP contribution in [0.2, 0.25) is 5.02 Å². The number of nitrogens with one attached hydrogen (secondary N) is 2. The fraction of sp³-hybridized carbons (Fsp3) is 0.130. The summed E-state index contributed by atoms with van der Waals surface area (Å²) < 4.78 is 11.6. The first kappa shape index (κ1) is 22.9. The second-order valence-corrected chi connectivity index (χ2v) is 7.67. The number of halogens is 1. The third kappa shape index (κ3) is 5.54. The lowest BCUT2D eigenvalue weighted by Gasteiger charge is -2.06. The number of anilines is 1. The van der Waals surface area contributed by atoms with Crippen LogP contribution in [0.15, 0.2) is 65.4 Å². The van der Waals surface area contributed by atoms with E-state index < -0.39 is 11.9 Å². The molecule has 0 bridgehead atoms. The van der Waals surface area contributed by atoms with Crippen LogP contribution in [0.3, 0.4) is 0 Å². The quantitative estimate of drug-likeness (QED) is 0.406. The molecule has 0 fully saturated rings. The molecule has 4 aromatic rings. The van der Waals surface area contributed by atoms with Crippen LogP contribution in [0.25, 0.3) is 11.1 Å². The van der Waals surface area contributed by atoms with Crippen molar-refractivity contribution in [1.29, 1.82) is 0 Å². The zero-order valence-electron chi connectivity index (χ0n) is 18.3. The molecular formula is C23H20ClN6O4+. The van der Waals surface area contributed by atoms with E-state index in [0.717, 1.165) is 22.4 Å². The minimum atomic E-state index is -0.726. The van der Waals surface area contributed by atoms with Gasteiger partial charge >= 0.3 is 17.9 Å². The van der Waals surface area contributed by atoms with Crippen LogP contribution in [-0.2, 0) is 6.54 Å². The summed E-state index contributed by atoms with van der Waals surface area (Å²) >= 11 is 5.88. The number of imide groups is 1. The van der Waals surface area contributed by atoms with E-state index in [1.165, 1.54) is 18.0 Å². The second kappa shape index (κ2) is 10.1. The first-order valence-corrected chi connectivity index (χ1v) is 10.5. The molecule has 0 unspecified atom stereocenters. The lowest BCUT2D eigenvalue weighted by Crippen LogP contribution is -2.36. The fourth-order valence-corrected chi connectivity index (χ4v) is 3.34. The molecule has 34 heavy (non-hydrogen) atoms. The number of aromatic nitrogens is 4. The Bertz CT molecular complexity index is 1340. The summed E-state index contributed by atoms with van der Waals surface area (Å²) in [6.07, 6.45) is 3.13. The summed E-state index contributed by atoms with van der Waals surface area (Å²) in [5.74, 6) is -0.833. The van der Waals surface area contributed by atoms with Crippen molar-refractivity contribution in [2.45, 2.75) is 13.5 Å². The van der Waals surface area contributed by atoms with Crippen molar-refractivity contribution >= 4 is 29.2 Å². The summed E-state index contributed by atoms with van der Waals surface area (Å²) in [4.78, 5) is 32.8. The molecule has 0 atom stereocenters. The first-order chi connectivity index (χ1) is 16.4. The van der Waals surface area contributed by atoms with Crippen LogP contribution in [0.1, 0.15) is 21.8 Å². The number of ether oxygens (including phenoxy) is 1. The van der Waals surface area contributed by atoms with E-state index >= 15 is 0 Å². The van der Waals surface area contributed by atoms with Crippen LogP contribution in [0.4, 0.5) is 10.5 Å². The van der Waals surface area contributed by atoms with Gasteiger partial charge in [0.05, 0.1) is 12.8 Å². The van der Waals surface area contributed by atoms with E-state index in [0.29, 0.717) is 23.3 Å². The maximum atomic E-state index is 12.3. The highest BCUT2D eigenvalue weighted by Gasteiger charge is 2.21. The number of benzene rings is 2. The molecule has 0 saturated carbocycles. The number of nitrogens with zero attached hydrogens (tertiary/aromatic N) is 4. The van der Waals surface area contributed by atoms with E-state index in [-0.39, 0.29) is 5.76 Å². The molecule has 2 N–H and O–H groups in total. The summed E-state index contributed by atoms with van der Waals surface area (Å²) in [6.45, 7) is 2.25. The van der Waals surface area contributed by atoms with Crippen molar-refractivity contribution < 1.29 is 23.5 Å². The van der Waals surface area contributed by atoms with Crippen molar-refractivity contribution in [3.05, 3.63) is 83.0 Å². The Hall–Kier alpha value is -4.31. The van der Waals surface area contributed by atoms with Gasteiger partial charge in [-0.3, -0.25) is 14.6 Å². The maximum Gasteiger partial charge on any atom is 0.326 e. The van der Waals surface area contributed by atoms with Gasteiger partial charge < -0.3 is 10.1 Å². The van der Waals surface area contributed by atoms with Gasteiger partial charge in [0.2, 0.25) is 6.54 Å². The van der Waals surface area contributed by atoms with E-state index in [4.69, 9.17) is 20.9 Å². The molecule has 172 valence electrons. The molecule has 11 heteroatoms. The van der Waals surface area contributed by atoms with Crippen LogP contribution in [0.5, 0.6) is 6.01 Å². The zero-order valence-corrected chi connectivity index (χ0v) is 19.0. The highest BCUT2D eigenvalue weighted by molar-refractivity contribution is 6.30. The molecule has 2 heterocycles. The average molecular weight is 480 g/mol. The molecule has 2 aromatic carbocycles. The zero-order chi connectivity index (χ0) is 24.1. The van der Waals surface area contributed by atoms with Crippen molar-refractivity contribution in [3.63, 3.8) is 0 Å². The Morgan fingerprint density at radius 2 is 1.97 bits per heavy atom. The molecule has 0 radical (unpaired) electrons. The fourth-order valence-electron chi connectivity index (χ4n) is 3.15. The predicted molar refractivity (Wildman–Crippen MR) is 122 cm³/mol. The summed E-state index contributed by atoms with van der Waals surface area (Å²) in [5.41, 5.74) is 4.04. The Kier molecular flexibility index (Phi) is 6.79. The van der Waals surface area contributed by atoms with Gasteiger partial charge in [-0.1, -0.05) is 41.9 Å². The number of hydrogen-bond donors (Lipinski definition) is 2. The SMILES string of the molecule is COc1ncc(-c2ccc(C[n+]3cc(C(=O)NC(=O)Nc4cccc(Cl)c4)on3)cc2)c(C)n1. The highest BCUT2D eigenvalue weighted by Crippen LogP contribution is 2.23. The van der Waals surface area contributed by atoms with Crippen LogP contribution in [-0.4, -0.2) is 34.3 Å². The molecule has 0 spiro atoms. The number of urea groups is 1. The number of hydrogen-bond acceptors (Lipinski definition) is 7. The lowest BCUT2D eigenvalue weighted by atomic mass is 10.0. The maximum absolute atomic E-state index is 12.3. The van der Waals surface area contributed by atoms with Gasteiger partial charge in [-0.2, -0.15) is 4.98 Å². The van der Waals surface area contributed by atoms with Gasteiger partial charge in [0.1, 0.15) is 0 Å². The molecule has 0 aliphatic rings. The lowest BCUT2D eigenvalue weighted by molar-refractivity contribution is -0.754. The molecule has 4 rings (SSSR count). The van der Waals surface area contributed by atoms with Crippen molar-refractivity contribution in [2.75, 3.05) is 12.4 Å². The van der Waals surface area contributed by atoms with Crippen molar-refractivity contribution in [2.24, 2.45) is 0 Å². The smallest absolute Gasteiger partial charge is 0.326 e.